The molecule has 1 atom stereocenters. The van der Waals surface area contributed by atoms with Gasteiger partial charge in [0.1, 0.15) is 11.6 Å². The van der Waals surface area contributed by atoms with E-state index in [2.05, 4.69) is 5.32 Å². The molecule has 158 valence electrons. The molecule has 0 aliphatic carbocycles. The summed E-state index contributed by atoms with van der Waals surface area (Å²) in [5.74, 6) is 0.784. The number of halogens is 1. The van der Waals surface area contributed by atoms with Crippen LogP contribution >= 0.6 is 11.8 Å². The molecule has 1 saturated heterocycles. The summed E-state index contributed by atoms with van der Waals surface area (Å²) < 4.78 is 18.7. The Bertz CT molecular complexity index is 982. The number of thioether (sulfide) groups is 1. The number of fused-ring (bicyclic) bond motifs is 2. The van der Waals surface area contributed by atoms with Crippen molar-refractivity contribution in [2.45, 2.75) is 31.3 Å². The van der Waals surface area contributed by atoms with Gasteiger partial charge in [0, 0.05) is 23.9 Å². The maximum atomic E-state index is 13.8. The first-order chi connectivity index (χ1) is 14.4. The molecule has 2 aliphatic rings. The van der Waals surface area contributed by atoms with Crippen molar-refractivity contribution in [3.63, 3.8) is 0 Å². The summed E-state index contributed by atoms with van der Waals surface area (Å²) >= 11 is 1.46. The van der Waals surface area contributed by atoms with Gasteiger partial charge in [0.15, 0.2) is 4.87 Å². The van der Waals surface area contributed by atoms with Crippen molar-refractivity contribution in [1.82, 2.24) is 10.2 Å². The molecule has 2 aromatic rings. The minimum Gasteiger partial charge on any atom is -0.497 e. The molecule has 6 nitrogen and oxygen atoms in total. The summed E-state index contributed by atoms with van der Waals surface area (Å²) in [5.41, 5.74) is 2.29. The fourth-order valence-corrected chi connectivity index (χ4v) is 5.43. The predicted molar refractivity (Wildman–Crippen MR) is 115 cm³/mol. The Morgan fingerprint density at radius 2 is 2.00 bits per heavy atom. The third-order valence-electron chi connectivity index (χ3n) is 5.31. The Morgan fingerprint density at radius 1 is 1.27 bits per heavy atom. The number of anilines is 1. The predicted octanol–water partition coefficient (Wildman–Crippen LogP) is 3.70. The van der Waals surface area contributed by atoms with E-state index >= 15 is 0 Å². The lowest BCUT2D eigenvalue weighted by Crippen LogP contribution is -2.54. The Hall–Kier alpha value is -2.74. The van der Waals surface area contributed by atoms with E-state index in [0.29, 0.717) is 24.6 Å². The smallest absolute Gasteiger partial charge is 0.319 e. The van der Waals surface area contributed by atoms with E-state index in [1.54, 1.807) is 35.1 Å². The molecule has 0 bridgehead atoms. The third kappa shape index (κ3) is 3.29. The van der Waals surface area contributed by atoms with Crippen LogP contribution in [0.1, 0.15) is 25.0 Å². The van der Waals surface area contributed by atoms with Gasteiger partial charge < -0.3 is 15.0 Å². The minimum atomic E-state index is -1.14. The molecule has 1 fully saturated rings. The zero-order chi connectivity index (χ0) is 21.5. The third-order valence-corrected chi connectivity index (χ3v) is 6.73. The molecular formula is C22H24FN3O3S. The van der Waals surface area contributed by atoms with Gasteiger partial charge in [0.05, 0.1) is 19.3 Å². The number of amides is 3. The molecule has 4 rings (SSSR count). The zero-order valence-corrected chi connectivity index (χ0v) is 18.0. The molecule has 2 heterocycles. The van der Waals surface area contributed by atoms with Crippen LogP contribution in [-0.2, 0) is 16.2 Å². The Morgan fingerprint density at radius 3 is 2.67 bits per heavy atom. The van der Waals surface area contributed by atoms with Gasteiger partial charge in [0.2, 0.25) is 0 Å². The Kier molecular flexibility index (Phi) is 5.36. The molecule has 2 aromatic carbocycles. The zero-order valence-electron chi connectivity index (χ0n) is 17.1. The fraction of sp³-hybridized carbons (Fsp3) is 0.364. The number of carbonyl (C=O) groups is 2. The second-order valence-electron chi connectivity index (χ2n) is 7.65. The molecule has 0 aromatic heterocycles. The van der Waals surface area contributed by atoms with Crippen molar-refractivity contribution in [2.24, 2.45) is 0 Å². The maximum absolute atomic E-state index is 13.8. The molecule has 2 aliphatic heterocycles. The average molecular weight is 430 g/mol. The number of benzene rings is 2. The van der Waals surface area contributed by atoms with Gasteiger partial charge in [-0.1, -0.05) is 12.1 Å². The molecule has 0 saturated carbocycles. The van der Waals surface area contributed by atoms with Crippen LogP contribution in [0.4, 0.5) is 14.9 Å². The van der Waals surface area contributed by atoms with Gasteiger partial charge >= 0.3 is 6.03 Å². The van der Waals surface area contributed by atoms with Crippen LogP contribution in [0.3, 0.4) is 0 Å². The van der Waals surface area contributed by atoms with E-state index in [-0.39, 0.29) is 23.8 Å². The number of nitrogens with one attached hydrogen (secondary N) is 1. The van der Waals surface area contributed by atoms with E-state index in [0.717, 1.165) is 16.8 Å². The Balaban J connectivity index is 1.79. The second kappa shape index (κ2) is 7.83. The second-order valence-corrected chi connectivity index (χ2v) is 8.94. The van der Waals surface area contributed by atoms with E-state index in [4.69, 9.17) is 4.74 Å². The van der Waals surface area contributed by atoms with Crippen molar-refractivity contribution >= 4 is 29.4 Å². The summed E-state index contributed by atoms with van der Waals surface area (Å²) in [7, 11) is 1.58. The first-order valence-corrected chi connectivity index (χ1v) is 10.8. The van der Waals surface area contributed by atoms with Crippen LogP contribution in [0.15, 0.2) is 42.5 Å². The van der Waals surface area contributed by atoms with E-state index in [1.165, 1.54) is 23.9 Å². The molecule has 1 unspecified atom stereocenters. The lowest BCUT2D eigenvalue weighted by molar-refractivity contribution is -0.123. The van der Waals surface area contributed by atoms with Crippen molar-refractivity contribution in [2.75, 3.05) is 24.3 Å². The van der Waals surface area contributed by atoms with Gasteiger partial charge in [-0.3, -0.25) is 9.69 Å². The fourth-order valence-electron chi connectivity index (χ4n) is 3.98. The van der Waals surface area contributed by atoms with Gasteiger partial charge in [-0.15, -0.1) is 11.8 Å². The highest BCUT2D eigenvalue weighted by Gasteiger charge is 2.59. The number of nitrogens with zero attached hydrogens (tertiary/aromatic N) is 2. The quantitative estimate of drug-likeness (QED) is 0.805. The molecule has 1 N–H and O–H groups in total. The first kappa shape index (κ1) is 20.5. The summed E-state index contributed by atoms with van der Waals surface area (Å²) in [5, 5.41) is 2.92. The highest BCUT2D eigenvalue weighted by molar-refractivity contribution is 8.01. The largest absolute Gasteiger partial charge is 0.497 e. The van der Waals surface area contributed by atoms with Crippen LogP contribution in [0.2, 0.25) is 0 Å². The number of carbonyl (C=O) groups excluding carboxylic acids is 2. The maximum Gasteiger partial charge on any atom is 0.319 e. The van der Waals surface area contributed by atoms with Crippen molar-refractivity contribution in [3.8, 4) is 5.75 Å². The van der Waals surface area contributed by atoms with Crippen LogP contribution in [0.5, 0.6) is 5.75 Å². The number of hydrogen-bond donors (Lipinski definition) is 1. The number of ether oxygens (including phenoxy) is 1. The lowest BCUT2D eigenvalue weighted by atomic mass is 10.1. The SMILES string of the molecule is COc1ccc2c(c1)C1(SCCN1C(=O)NC(C)C)C(=O)N2Cc1ccc(F)cc1. The minimum absolute atomic E-state index is 0.0447. The molecule has 3 amide bonds. The number of methoxy groups -OCH3 is 1. The van der Waals surface area contributed by atoms with Crippen molar-refractivity contribution in [3.05, 3.63) is 59.4 Å². The van der Waals surface area contributed by atoms with Gasteiger partial charge in [-0.25, -0.2) is 9.18 Å². The number of rotatable bonds is 4. The molecule has 8 heteroatoms. The average Bonchev–Trinajstić information content (AvgIpc) is 3.26. The van der Waals surface area contributed by atoms with E-state index < -0.39 is 4.87 Å². The van der Waals surface area contributed by atoms with Crippen molar-refractivity contribution in [1.29, 1.82) is 0 Å². The molecule has 1 spiro atoms. The number of urea groups is 1. The first-order valence-electron chi connectivity index (χ1n) is 9.84. The van der Waals surface area contributed by atoms with Gasteiger partial charge in [-0.2, -0.15) is 0 Å². The molecule has 30 heavy (non-hydrogen) atoms. The normalized spacial score (nSPS) is 20.2. The van der Waals surface area contributed by atoms with Crippen LogP contribution < -0.4 is 15.0 Å². The van der Waals surface area contributed by atoms with Crippen molar-refractivity contribution < 1.29 is 18.7 Å². The van der Waals surface area contributed by atoms with E-state index in [9.17, 15) is 14.0 Å². The van der Waals surface area contributed by atoms with Crippen LogP contribution in [0.25, 0.3) is 0 Å². The van der Waals surface area contributed by atoms with Gasteiger partial charge in [-0.05, 0) is 49.7 Å². The summed E-state index contributed by atoms with van der Waals surface area (Å²) in [6.45, 7) is 4.54. The number of hydrogen-bond acceptors (Lipinski definition) is 4. The topological polar surface area (TPSA) is 61.9 Å². The lowest BCUT2D eigenvalue weighted by Gasteiger charge is -2.33. The summed E-state index contributed by atoms with van der Waals surface area (Å²) in [6, 6.07) is 11.3. The van der Waals surface area contributed by atoms with Gasteiger partial charge in [0.25, 0.3) is 5.91 Å². The van der Waals surface area contributed by atoms with Crippen LogP contribution in [-0.4, -0.2) is 42.3 Å². The van der Waals surface area contributed by atoms with Crippen LogP contribution in [0, 0.1) is 5.82 Å². The molecular weight excluding hydrogens is 405 g/mol. The highest BCUT2D eigenvalue weighted by atomic mass is 32.2. The standard InChI is InChI=1S/C22H24FN3O3S/c1-14(2)24-21(28)26-10-11-30-22(26)18-12-17(29-3)8-9-19(18)25(20(22)27)13-15-4-6-16(23)7-5-15/h4-9,12,14H,10-11,13H2,1-3H3,(H,24,28). The molecule has 0 radical (unpaired) electrons. The highest BCUT2D eigenvalue weighted by Crippen LogP contribution is 2.55. The Labute approximate surface area is 179 Å². The monoisotopic (exact) mass is 429 g/mol. The van der Waals surface area contributed by atoms with E-state index in [1.807, 2.05) is 26.0 Å². The summed E-state index contributed by atoms with van der Waals surface area (Å²) in [4.78, 5) is 29.0. The summed E-state index contributed by atoms with van der Waals surface area (Å²) in [6.07, 6.45) is 0.